The van der Waals surface area contributed by atoms with E-state index in [1.807, 2.05) is 18.7 Å². The first kappa shape index (κ1) is 16.4. The van der Waals surface area contributed by atoms with Crippen molar-refractivity contribution >= 4 is 5.91 Å². The van der Waals surface area contributed by atoms with E-state index in [4.69, 9.17) is 10.2 Å². The fraction of sp³-hybridized carbons (Fsp3) is 0.917. The Bertz CT molecular complexity index is 194. The molecule has 17 heavy (non-hydrogen) atoms. The van der Waals surface area contributed by atoms with Gasteiger partial charge in [-0.2, -0.15) is 0 Å². The van der Waals surface area contributed by atoms with Crippen molar-refractivity contribution < 1.29 is 15.0 Å². The third-order valence-corrected chi connectivity index (χ3v) is 2.84. The van der Waals surface area contributed by atoms with Crippen LogP contribution in [0.2, 0.25) is 0 Å². The summed E-state index contributed by atoms with van der Waals surface area (Å²) in [4.78, 5) is 13.4. The summed E-state index contributed by atoms with van der Waals surface area (Å²) in [5.74, 6) is 0.171. The number of nitrogens with one attached hydrogen (secondary N) is 1. The van der Waals surface area contributed by atoms with E-state index in [0.29, 0.717) is 19.6 Å². The average Bonchev–Trinajstić information content (AvgIpc) is 2.33. The summed E-state index contributed by atoms with van der Waals surface area (Å²) in [6.07, 6.45) is 1.69. The zero-order valence-electron chi connectivity index (χ0n) is 11.0. The fourth-order valence-electron chi connectivity index (χ4n) is 1.49. The molecule has 0 aliphatic rings. The highest BCUT2D eigenvalue weighted by molar-refractivity contribution is 5.78. The van der Waals surface area contributed by atoms with Gasteiger partial charge in [0.1, 0.15) is 0 Å². The molecule has 102 valence electrons. The molecule has 0 aliphatic heterocycles. The molecular weight excluding hydrogens is 220 g/mol. The van der Waals surface area contributed by atoms with Gasteiger partial charge >= 0.3 is 0 Å². The predicted octanol–water partition coefficient (Wildman–Crippen LogP) is -0.175. The van der Waals surface area contributed by atoms with E-state index in [1.165, 1.54) is 0 Å². The zero-order chi connectivity index (χ0) is 13.1. The van der Waals surface area contributed by atoms with E-state index in [1.54, 1.807) is 0 Å². The molecule has 0 bridgehead atoms. The molecule has 0 heterocycles. The molecule has 0 aromatic carbocycles. The van der Waals surface area contributed by atoms with Crippen LogP contribution in [0, 0.1) is 5.92 Å². The second-order valence-electron chi connectivity index (χ2n) is 4.24. The van der Waals surface area contributed by atoms with Gasteiger partial charge in [-0.05, 0) is 19.4 Å². The standard InChI is InChI=1S/C12H26N2O3/c1-3-11(2)12(17)13-5-4-6-14(7-9-15)8-10-16/h11,15-16H,3-10H2,1-2H3,(H,13,17). The molecular formula is C12H26N2O3. The van der Waals surface area contributed by atoms with Gasteiger partial charge in [0.25, 0.3) is 0 Å². The molecule has 0 fully saturated rings. The van der Waals surface area contributed by atoms with E-state index in [2.05, 4.69) is 5.32 Å². The van der Waals surface area contributed by atoms with E-state index in [9.17, 15) is 4.79 Å². The predicted molar refractivity (Wildman–Crippen MR) is 67.7 cm³/mol. The molecule has 0 aliphatic carbocycles. The van der Waals surface area contributed by atoms with Crippen LogP contribution in [-0.2, 0) is 4.79 Å². The summed E-state index contributed by atoms with van der Waals surface area (Å²) in [6.45, 7) is 6.67. The molecule has 3 N–H and O–H groups in total. The normalized spacial score (nSPS) is 12.8. The van der Waals surface area contributed by atoms with Gasteiger partial charge < -0.3 is 15.5 Å². The number of rotatable bonds is 10. The van der Waals surface area contributed by atoms with Crippen LogP contribution in [0.15, 0.2) is 0 Å². The van der Waals surface area contributed by atoms with Crippen LogP contribution in [0.3, 0.4) is 0 Å². The SMILES string of the molecule is CCC(C)C(=O)NCCCN(CCO)CCO. The smallest absolute Gasteiger partial charge is 0.222 e. The minimum Gasteiger partial charge on any atom is -0.395 e. The number of carbonyl (C=O) groups excluding carboxylic acids is 1. The van der Waals surface area contributed by atoms with Gasteiger partial charge in [0.05, 0.1) is 13.2 Å². The summed E-state index contributed by atoms with van der Waals surface area (Å²) in [5, 5.41) is 20.5. The van der Waals surface area contributed by atoms with Gasteiger partial charge in [0.2, 0.25) is 5.91 Å². The highest BCUT2D eigenvalue weighted by atomic mass is 16.3. The van der Waals surface area contributed by atoms with Crippen molar-refractivity contribution in [2.45, 2.75) is 26.7 Å². The van der Waals surface area contributed by atoms with Crippen LogP contribution >= 0.6 is 0 Å². The van der Waals surface area contributed by atoms with Crippen molar-refractivity contribution in [1.82, 2.24) is 10.2 Å². The number of hydrogen-bond donors (Lipinski definition) is 3. The number of amides is 1. The molecule has 1 atom stereocenters. The average molecular weight is 246 g/mol. The maximum atomic E-state index is 11.5. The van der Waals surface area contributed by atoms with E-state index < -0.39 is 0 Å². The number of aliphatic hydroxyl groups excluding tert-OH is 2. The minimum absolute atomic E-state index is 0.0704. The fourth-order valence-corrected chi connectivity index (χ4v) is 1.49. The van der Waals surface area contributed by atoms with Crippen LogP contribution in [0.5, 0.6) is 0 Å². The highest BCUT2D eigenvalue weighted by Gasteiger charge is 2.09. The van der Waals surface area contributed by atoms with E-state index in [-0.39, 0.29) is 25.0 Å². The molecule has 0 radical (unpaired) electrons. The Kier molecular flexibility index (Phi) is 10.1. The third-order valence-electron chi connectivity index (χ3n) is 2.84. The molecule has 1 amide bonds. The molecule has 0 saturated carbocycles. The molecule has 5 nitrogen and oxygen atoms in total. The molecule has 0 saturated heterocycles. The summed E-state index contributed by atoms with van der Waals surface area (Å²) in [5.41, 5.74) is 0. The van der Waals surface area contributed by atoms with Crippen LogP contribution in [0.25, 0.3) is 0 Å². The lowest BCUT2D eigenvalue weighted by Gasteiger charge is -2.20. The van der Waals surface area contributed by atoms with Crippen molar-refractivity contribution in [1.29, 1.82) is 0 Å². The Morgan fingerprint density at radius 3 is 2.29 bits per heavy atom. The Morgan fingerprint density at radius 2 is 1.82 bits per heavy atom. The van der Waals surface area contributed by atoms with Gasteiger partial charge in [0.15, 0.2) is 0 Å². The molecule has 0 aromatic rings. The van der Waals surface area contributed by atoms with E-state index >= 15 is 0 Å². The molecule has 0 spiro atoms. The quantitative estimate of drug-likeness (QED) is 0.468. The molecule has 5 heteroatoms. The van der Waals surface area contributed by atoms with Gasteiger partial charge in [-0.3, -0.25) is 9.69 Å². The molecule has 0 rings (SSSR count). The lowest BCUT2D eigenvalue weighted by molar-refractivity contribution is -0.124. The highest BCUT2D eigenvalue weighted by Crippen LogP contribution is 1.99. The number of hydrogen-bond acceptors (Lipinski definition) is 4. The summed E-state index contributed by atoms with van der Waals surface area (Å²) < 4.78 is 0. The van der Waals surface area contributed by atoms with Gasteiger partial charge in [-0.15, -0.1) is 0 Å². The number of aliphatic hydroxyl groups is 2. The second-order valence-corrected chi connectivity index (χ2v) is 4.24. The minimum atomic E-state index is 0.0704. The monoisotopic (exact) mass is 246 g/mol. The Hall–Kier alpha value is -0.650. The van der Waals surface area contributed by atoms with Crippen LogP contribution in [-0.4, -0.2) is 60.4 Å². The van der Waals surface area contributed by atoms with E-state index in [0.717, 1.165) is 19.4 Å². The van der Waals surface area contributed by atoms with Crippen LogP contribution in [0.1, 0.15) is 26.7 Å². The maximum Gasteiger partial charge on any atom is 0.222 e. The van der Waals surface area contributed by atoms with Crippen molar-refractivity contribution in [2.24, 2.45) is 5.92 Å². The first-order chi connectivity index (χ1) is 8.15. The lowest BCUT2D eigenvalue weighted by atomic mass is 10.1. The maximum absolute atomic E-state index is 11.5. The first-order valence-electron chi connectivity index (χ1n) is 6.37. The molecule has 1 unspecified atom stereocenters. The third kappa shape index (κ3) is 8.12. The summed E-state index contributed by atoms with van der Waals surface area (Å²) in [6, 6.07) is 0. The summed E-state index contributed by atoms with van der Waals surface area (Å²) >= 11 is 0. The number of carbonyl (C=O) groups is 1. The Morgan fingerprint density at radius 1 is 1.24 bits per heavy atom. The van der Waals surface area contributed by atoms with Crippen molar-refractivity contribution in [3.8, 4) is 0 Å². The van der Waals surface area contributed by atoms with Gasteiger partial charge in [0, 0.05) is 25.6 Å². The topological polar surface area (TPSA) is 72.8 Å². The molecule has 0 aromatic heterocycles. The second kappa shape index (κ2) is 10.5. The first-order valence-corrected chi connectivity index (χ1v) is 6.37. The van der Waals surface area contributed by atoms with Gasteiger partial charge in [-0.1, -0.05) is 13.8 Å². The van der Waals surface area contributed by atoms with Gasteiger partial charge in [-0.25, -0.2) is 0 Å². The zero-order valence-corrected chi connectivity index (χ0v) is 11.0. The summed E-state index contributed by atoms with van der Waals surface area (Å²) in [7, 11) is 0. The van der Waals surface area contributed by atoms with Crippen molar-refractivity contribution in [3.05, 3.63) is 0 Å². The Balaban J connectivity index is 3.63. The van der Waals surface area contributed by atoms with Crippen molar-refractivity contribution in [3.63, 3.8) is 0 Å². The van der Waals surface area contributed by atoms with Crippen LogP contribution in [0.4, 0.5) is 0 Å². The van der Waals surface area contributed by atoms with Crippen molar-refractivity contribution in [2.75, 3.05) is 39.4 Å². The largest absolute Gasteiger partial charge is 0.395 e. The number of nitrogens with zero attached hydrogens (tertiary/aromatic N) is 1. The lowest BCUT2D eigenvalue weighted by Crippen LogP contribution is -2.34. The van der Waals surface area contributed by atoms with Crippen LogP contribution < -0.4 is 5.32 Å². The Labute approximate surface area is 104 Å².